The Balaban J connectivity index is 1.59. The number of aromatic carboxylic acids is 1. The molecule has 0 spiro atoms. The Morgan fingerprint density at radius 2 is 1.50 bits per heavy atom. The lowest BCUT2D eigenvalue weighted by Gasteiger charge is -2.21. The second-order valence-corrected chi connectivity index (χ2v) is 7.95. The molecule has 0 unspecified atom stereocenters. The van der Waals surface area contributed by atoms with Gasteiger partial charge in [-0.2, -0.15) is 0 Å². The van der Waals surface area contributed by atoms with Gasteiger partial charge in [0.05, 0.1) is 5.56 Å². The summed E-state index contributed by atoms with van der Waals surface area (Å²) in [5, 5.41) is 9.56. The van der Waals surface area contributed by atoms with Crippen molar-refractivity contribution >= 4 is 18.1 Å². The topological polar surface area (TPSA) is 37.3 Å². The highest BCUT2D eigenvalue weighted by Gasteiger charge is 2.15. The molecule has 1 N–H and O–H groups in total. The van der Waals surface area contributed by atoms with E-state index in [4.69, 9.17) is 0 Å². The Kier molecular flexibility index (Phi) is 6.08. The largest absolute Gasteiger partial charge is 0.478 e. The lowest BCUT2D eigenvalue weighted by Crippen LogP contribution is -2.04. The van der Waals surface area contributed by atoms with Gasteiger partial charge >= 0.3 is 5.97 Å². The fraction of sp³-hybridized carbons (Fsp3) is 0.222. The molecule has 4 rings (SSSR count). The van der Waals surface area contributed by atoms with E-state index in [0.717, 1.165) is 16.7 Å². The zero-order valence-corrected chi connectivity index (χ0v) is 16.9. The van der Waals surface area contributed by atoms with Crippen LogP contribution >= 0.6 is 0 Å². The minimum atomic E-state index is -0.965. The highest BCUT2D eigenvalue weighted by atomic mass is 19.1. The predicted octanol–water partition coefficient (Wildman–Crippen LogP) is 7.41. The summed E-state index contributed by atoms with van der Waals surface area (Å²) in [4.78, 5) is 11.7. The fourth-order valence-electron chi connectivity index (χ4n) is 4.22. The number of benzene rings is 3. The molecule has 3 aromatic carbocycles. The Bertz CT molecular complexity index is 1040. The predicted molar refractivity (Wildman–Crippen MR) is 120 cm³/mol. The van der Waals surface area contributed by atoms with Crippen molar-refractivity contribution in [1.82, 2.24) is 0 Å². The highest BCUT2D eigenvalue weighted by Crippen LogP contribution is 2.32. The number of carboxylic acid groups (broad SMARTS) is 1. The molecule has 2 nitrogen and oxygen atoms in total. The van der Waals surface area contributed by atoms with E-state index in [1.165, 1.54) is 49.8 Å². The monoisotopic (exact) mass is 400 g/mol. The molecular formula is C27H25FO2. The molecule has 30 heavy (non-hydrogen) atoms. The number of hydrogen-bond donors (Lipinski definition) is 1. The molecule has 0 saturated heterocycles. The van der Waals surface area contributed by atoms with Crippen LogP contribution in [0.5, 0.6) is 0 Å². The van der Waals surface area contributed by atoms with Gasteiger partial charge in [-0.1, -0.05) is 73.9 Å². The molecule has 3 aromatic rings. The molecule has 1 aliphatic carbocycles. The normalized spacial score (nSPS) is 14.8. The van der Waals surface area contributed by atoms with Crippen LogP contribution in [0, 0.1) is 5.82 Å². The van der Waals surface area contributed by atoms with Gasteiger partial charge in [-0.3, -0.25) is 0 Å². The van der Waals surface area contributed by atoms with E-state index in [1.54, 1.807) is 24.3 Å². The van der Waals surface area contributed by atoms with Crippen LogP contribution in [0.15, 0.2) is 66.7 Å². The van der Waals surface area contributed by atoms with Crippen LogP contribution in [0.3, 0.4) is 0 Å². The third-order valence-electron chi connectivity index (χ3n) is 5.93. The van der Waals surface area contributed by atoms with Gasteiger partial charge in [0.1, 0.15) is 5.82 Å². The van der Waals surface area contributed by atoms with Gasteiger partial charge in [-0.05, 0) is 70.8 Å². The quantitative estimate of drug-likeness (QED) is 0.453. The first-order valence-corrected chi connectivity index (χ1v) is 10.5. The Morgan fingerprint density at radius 3 is 2.17 bits per heavy atom. The van der Waals surface area contributed by atoms with Crippen molar-refractivity contribution in [3.05, 3.63) is 94.8 Å². The molecule has 0 aromatic heterocycles. The molecule has 1 saturated carbocycles. The van der Waals surface area contributed by atoms with Crippen molar-refractivity contribution in [2.24, 2.45) is 0 Å². The highest BCUT2D eigenvalue weighted by molar-refractivity contribution is 5.94. The molecule has 0 aliphatic heterocycles. The maximum absolute atomic E-state index is 13.2. The van der Waals surface area contributed by atoms with E-state index in [-0.39, 0.29) is 11.4 Å². The van der Waals surface area contributed by atoms with E-state index >= 15 is 0 Å². The van der Waals surface area contributed by atoms with Crippen LogP contribution < -0.4 is 0 Å². The van der Waals surface area contributed by atoms with Crippen LogP contribution in [-0.2, 0) is 0 Å². The first-order valence-electron chi connectivity index (χ1n) is 10.5. The summed E-state index contributed by atoms with van der Waals surface area (Å²) in [7, 11) is 0. The van der Waals surface area contributed by atoms with E-state index in [2.05, 4.69) is 24.3 Å². The van der Waals surface area contributed by atoms with E-state index in [0.29, 0.717) is 11.5 Å². The molecule has 0 amide bonds. The van der Waals surface area contributed by atoms with Gasteiger partial charge in [-0.15, -0.1) is 0 Å². The van der Waals surface area contributed by atoms with Gasteiger partial charge in [-0.25, -0.2) is 9.18 Å². The molecule has 1 fully saturated rings. The number of halogens is 1. The first kappa shape index (κ1) is 20.1. The smallest absolute Gasteiger partial charge is 0.336 e. The third kappa shape index (κ3) is 4.68. The van der Waals surface area contributed by atoms with Crippen molar-refractivity contribution < 1.29 is 14.3 Å². The van der Waals surface area contributed by atoms with Gasteiger partial charge < -0.3 is 5.11 Å². The van der Waals surface area contributed by atoms with Crippen LogP contribution in [0.25, 0.3) is 23.3 Å². The molecule has 1 aliphatic rings. The maximum atomic E-state index is 13.2. The summed E-state index contributed by atoms with van der Waals surface area (Å²) in [6, 6.07) is 20.0. The number of carbonyl (C=O) groups is 1. The van der Waals surface area contributed by atoms with E-state index < -0.39 is 5.97 Å². The van der Waals surface area contributed by atoms with Gasteiger partial charge in [0.15, 0.2) is 0 Å². The van der Waals surface area contributed by atoms with E-state index in [1.807, 2.05) is 18.2 Å². The number of carboxylic acids is 1. The van der Waals surface area contributed by atoms with Crippen LogP contribution in [-0.4, -0.2) is 11.1 Å². The molecule has 0 atom stereocenters. The SMILES string of the molecule is O=C(O)c1ccc(-c2ccc(F)cc2)cc1C=Cc1ccc(C2CCCCC2)cc1. The standard InChI is InChI=1S/C27H25FO2/c28-25-15-12-22(13-16-25)23-14-17-26(27(29)30)24(18-23)11-8-19-6-9-21(10-7-19)20-4-2-1-3-5-20/h6-18,20H,1-5H2,(H,29,30). The molecule has 3 heteroatoms. The van der Waals surface area contributed by atoms with Gasteiger partial charge in [0.2, 0.25) is 0 Å². The Hall–Kier alpha value is -3.20. The van der Waals surface area contributed by atoms with Crippen molar-refractivity contribution in [1.29, 1.82) is 0 Å². The van der Waals surface area contributed by atoms with Gasteiger partial charge in [0, 0.05) is 0 Å². The fourth-order valence-corrected chi connectivity index (χ4v) is 4.22. The zero-order valence-electron chi connectivity index (χ0n) is 16.9. The summed E-state index contributed by atoms with van der Waals surface area (Å²) >= 11 is 0. The van der Waals surface area contributed by atoms with Crippen molar-refractivity contribution in [2.45, 2.75) is 38.0 Å². The average molecular weight is 400 g/mol. The zero-order chi connectivity index (χ0) is 20.9. The summed E-state index contributed by atoms with van der Waals surface area (Å²) in [5.41, 5.74) is 5.01. The lowest BCUT2D eigenvalue weighted by molar-refractivity contribution is 0.0696. The molecule has 152 valence electrons. The van der Waals surface area contributed by atoms with Crippen LogP contribution in [0.4, 0.5) is 4.39 Å². The van der Waals surface area contributed by atoms with Gasteiger partial charge in [0.25, 0.3) is 0 Å². The summed E-state index contributed by atoms with van der Waals surface area (Å²) in [6.07, 6.45) is 10.3. The Labute approximate surface area is 176 Å². The summed E-state index contributed by atoms with van der Waals surface area (Å²) in [5.74, 6) is -0.589. The minimum absolute atomic E-state index is 0.246. The third-order valence-corrected chi connectivity index (χ3v) is 5.93. The summed E-state index contributed by atoms with van der Waals surface area (Å²) in [6.45, 7) is 0. The molecule has 0 radical (unpaired) electrons. The second kappa shape index (κ2) is 9.08. The van der Waals surface area contributed by atoms with Crippen LogP contribution in [0.2, 0.25) is 0 Å². The molecule has 0 heterocycles. The molecule has 0 bridgehead atoms. The second-order valence-electron chi connectivity index (χ2n) is 7.95. The molecular weight excluding hydrogens is 375 g/mol. The maximum Gasteiger partial charge on any atom is 0.336 e. The van der Waals surface area contributed by atoms with Crippen molar-refractivity contribution in [2.75, 3.05) is 0 Å². The van der Waals surface area contributed by atoms with Crippen molar-refractivity contribution in [3.63, 3.8) is 0 Å². The van der Waals surface area contributed by atoms with Crippen molar-refractivity contribution in [3.8, 4) is 11.1 Å². The first-order chi connectivity index (χ1) is 14.6. The lowest BCUT2D eigenvalue weighted by atomic mass is 9.84. The van der Waals surface area contributed by atoms with E-state index in [9.17, 15) is 14.3 Å². The average Bonchev–Trinajstić information content (AvgIpc) is 2.79. The number of hydrogen-bond acceptors (Lipinski definition) is 1. The van der Waals surface area contributed by atoms with Crippen LogP contribution in [0.1, 0.15) is 65.1 Å². The summed E-state index contributed by atoms with van der Waals surface area (Å²) < 4.78 is 13.2. The minimum Gasteiger partial charge on any atom is -0.478 e. The Morgan fingerprint density at radius 1 is 0.833 bits per heavy atom. The number of rotatable bonds is 5.